The zero-order chi connectivity index (χ0) is 21.1. The fourth-order valence-electron chi connectivity index (χ4n) is 3.11. The number of carbonyl (C=O) groups excluding carboxylic acids is 2. The minimum Gasteiger partial charge on any atom is -0.355 e. The highest BCUT2D eigenvalue weighted by molar-refractivity contribution is 7.99. The quantitative estimate of drug-likeness (QED) is 0.566. The zero-order valence-electron chi connectivity index (χ0n) is 17.1. The molecule has 1 atom stereocenters. The molecule has 156 valence electrons. The van der Waals surface area contributed by atoms with E-state index in [4.69, 9.17) is 11.6 Å². The molecule has 0 aliphatic carbocycles. The second-order valence-corrected chi connectivity index (χ2v) is 8.18. The van der Waals surface area contributed by atoms with Crippen molar-refractivity contribution in [3.05, 3.63) is 70.7 Å². The van der Waals surface area contributed by atoms with Crippen molar-refractivity contribution in [3.63, 3.8) is 0 Å². The predicted octanol–water partition coefficient (Wildman–Crippen LogP) is 4.56. The number of carbonyl (C=O) groups is 2. The van der Waals surface area contributed by atoms with Crippen molar-refractivity contribution in [1.29, 1.82) is 0 Å². The lowest BCUT2D eigenvalue weighted by atomic mass is 10.1. The lowest BCUT2D eigenvalue weighted by Gasteiger charge is -2.30. The van der Waals surface area contributed by atoms with Crippen molar-refractivity contribution >= 4 is 35.2 Å². The number of benzene rings is 2. The second-order valence-electron chi connectivity index (χ2n) is 6.76. The molecular formula is C23H29ClN2O2S. The van der Waals surface area contributed by atoms with Crippen molar-refractivity contribution in [1.82, 2.24) is 10.2 Å². The molecule has 0 aromatic heterocycles. The number of hydrogen-bond donors (Lipinski definition) is 1. The van der Waals surface area contributed by atoms with Gasteiger partial charge in [-0.05, 0) is 43.0 Å². The second kappa shape index (κ2) is 12.6. The SMILES string of the molecule is CCNC(=O)[C@H](CC)N(CCc1ccccc1)C(=O)CSCc1ccc(Cl)cc1. The number of amides is 2. The van der Waals surface area contributed by atoms with Gasteiger partial charge in [0.05, 0.1) is 5.75 Å². The molecule has 0 spiro atoms. The van der Waals surface area contributed by atoms with Crippen molar-refractivity contribution in [2.45, 2.75) is 38.5 Å². The molecule has 4 nitrogen and oxygen atoms in total. The van der Waals surface area contributed by atoms with Gasteiger partial charge in [0.2, 0.25) is 11.8 Å². The molecule has 2 aromatic carbocycles. The van der Waals surface area contributed by atoms with E-state index in [1.807, 2.05) is 68.4 Å². The van der Waals surface area contributed by atoms with Crippen LogP contribution in [0.2, 0.25) is 5.02 Å². The van der Waals surface area contributed by atoms with E-state index in [1.54, 1.807) is 16.7 Å². The molecule has 2 rings (SSSR count). The van der Waals surface area contributed by atoms with Crippen molar-refractivity contribution in [3.8, 4) is 0 Å². The largest absolute Gasteiger partial charge is 0.355 e. The number of likely N-dealkylation sites (N-methyl/N-ethyl adjacent to an activating group) is 1. The Labute approximate surface area is 183 Å². The van der Waals surface area contributed by atoms with Crippen molar-refractivity contribution in [2.24, 2.45) is 0 Å². The van der Waals surface area contributed by atoms with Crippen molar-refractivity contribution in [2.75, 3.05) is 18.8 Å². The van der Waals surface area contributed by atoms with Gasteiger partial charge in [0.25, 0.3) is 0 Å². The van der Waals surface area contributed by atoms with E-state index in [0.29, 0.717) is 30.3 Å². The van der Waals surface area contributed by atoms with Crippen LogP contribution in [0.3, 0.4) is 0 Å². The molecule has 0 fully saturated rings. The molecular weight excluding hydrogens is 404 g/mol. The highest BCUT2D eigenvalue weighted by atomic mass is 35.5. The average Bonchev–Trinajstić information content (AvgIpc) is 2.73. The Kier molecular flexibility index (Phi) is 10.1. The Bertz CT molecular complexity index is 768. The summed E-state index contributed by atoms with van der Waals surface area (Å²) in [6.07, 6.45) is 1.32. The van der Waals surface area contributed by atoms with Gasteiger partial charge in [-0.15, -0.1) is 11.8 Å². The molecule has 2 amide bonds. The Morgan fingerprint density at radius 3 is 2.34 bits per heavy atom. The van der Waals surface area contributed by atoms with Crippen LogP contribution >= 0.6 is 23.4 Å². The fourth-order valence-corrected chi connectivity index (χ4v) is 4.10. The minimum absolute atomic E-state index is 0.00185. The molecule has 0 bridgehead atoms. The summed E-state index contributed by atoms with van der Waals surface area (Å²) in [5.74, 6) is 0.984. The highest BCUT2D eigenvalue weighted by Gasteiger charge is 2.27. The van der Waals surface area contributed by atoms with Gasteiger partial charge in [-0.1, -0.05) is 61.0 Å². The number of halogens is 1. The summed E-state index contributed by atoms with van der Waals surface area (Å²) in [5, 5.41) is 3.57. The highest BCUT2D eigenvalue weighted by Crippen LogP contribution is 2.17. The number of hydrogen-bond acceptors (Lipinski definition) is 3. The zero-order valence-corrected chi connectivity index (χ0v) is 18.6. The summed E-state index contributed by atoms with van der Waals surface area (Å²) in [4.78, 5) is 27.3. The van der Waals surface area contributed by atoms with Gasteiger partial charge in [-0.2, -0.15) is 0 Å². The van der Waals surface area contributed by atoms with Gasteiger partial charge in [-0.25, -0.2) is 0 Å². The molecule has 1 N–H and O–H groups in total. The molecule has 0 radical (unpaired) electrons. The molecule has 0 aliphatic heterocycles. The lowest BCUT2D eigenvalue weighted by molar-refractivity contribution is -0.138. The third-order valence-corrected chi connectivity index (χ3v) is 5.87. The molecule has 0 saturated heterocycles. The summed E-state index contributed by atoms with van der Waals surface area (Å²) in [6, 6.07) is 17.3. The van der Waals surface area contributed by atoms with Crippen LogP contribution in [0.5, 0.6) is 0 Å². The van der Waals surface area contributed by atoms with Gasteiger partial charge in [0, 0.05) is 23.9 Å². The van der Waals surface area contributed by atoms with Crippen LogP contribution in [-0.2, 0) is 21.8 Å². The molecule has 29 heavy (non-hydrogen) atoms. The first-order valence-electron chi connectivity index (χ1n) is 9.98. The normalized spacial score (nSPS) is 11.7. The Morgan fingerprint density at radius 2 is 1.72 bits per heavy atom. The Hall–Kier alpha value is -1.98. The molecule has 0 unspecified atom stereocenters. The van der Waals surface area contributed by atoms with Crippen LogP contribution < -0.4 is 5.32 Å². The first-order valence-corrected chi connectivity index (χ1v) is 11.5. The third kappa shape index (κ3) is 7.75. The third-order valence-electron chi connectivity index (χ3n) is 4.63. The van der Waals surface area contributed by atoms with Gasteiger partial charge in [0.15, 0.2) is 0 Å². The summed E-state index contributed by atoms with van der Waals surface area (Å²) in [6.45, 7) is 4.92. The molecule has 0 saturated carbocycles. The molecule has 6 heteroatoms. The van der Waals surface area contributed by atoms with Crippen LogP contribution in [-0.4, -0.2) is 41.6 Å². The maximum Gasteiger partial charge on any atom is 0.242 e. The number of rotatable bonds is 11. The Morgan fingerprint density at radius 1 is 1.03 bits per heavy atom. The number of nitrogens with one attached hydrogen (secondary N) is 1. The number of nitrogens with zero attached hydrogens (tertiary/aromatic N) is 1. The van der Waals surface area contributed by atoms with E-state index < -0.39 is 6.04 Å². The standard InChI is InChI=1S/C23H29ClN2O2S/c1-3-21(23(28)25-4-2)26(15-14-18-8-6-5-7-9-18)22(27)17-29-16-19-10-12-20(24)13-11-19/h5-13,21H,3-4,14-17H2,1-2H3,(H,25,28)/t21-/m0/s1. The van der Waals surface area contributed by atoms with E-state index >= 15 is 0 Å². The average molecular weight is 433 g/mol. The topological polar surface area (TPSA) is 49.4 Å². The van der Waals surface area contributed by atoms with Gasteiger partial charge >= 0.3 is 0 Å². The monoisotopic (exact) mass is 432 g/mol. The first kappa shape index (κ1) is 23.3. The van der Waals surface area contributed by atoms with Crippen LogP contribution in [0.25, 0.3) is 0 Å². The molecule has 0 aliphatic rings. The van der Waals surface area contributed by atoms with Gasteiger partial charge < -0.3 is 10.2 Å². The maximum absolute atomic E-state index is 13.0. The lowest BCUT2D eigenvalue weighted by Crippen LogP contribution is -2.50. The van der Waals surface area contributed by atoms with E-state index in [0.717, 1.165) is 23.3 Å². The van der Waals surface area contributed by atoms with Gasteiger partial charge in [-0.3, -0.25) is 9.59 Å². The van der Waals surface area contributed by atoms with Crippen molar-refractivity contribution < 1.29 is 9.59 Å². The Balaban J connectivity index is 2.02. The minimum atomic E-state index is -0.442. The van der Waals surface area contributed by atoms with Crippen LogP contribution in [0.4, 0.5) is 0 Å². The van der Waals surface area contributed by atoms with Gasteiger partial charge in [0.1, 0.15) is 6.04 Å². The van der Waals surface area contributed by atoms with Crippen LogP contribution in [0.1, 0.15) is 31.4 Å². The summed E-state index contributed by atoms with van der Waals surface area (Å²) in [7, 11) is 0. The van der Waals surface area contributed by atoms with E-state index in [1.165, 1.54) is 0 Å². The summed E-state index contributed by atoms with van der Waals surface area (Å²) >= 11 is 7.48. The molecule has 2 aromatic rings. The fraction of sp³-hybridized carbons (Fsp3) is 0.391. The summed E-state index contributed by atoms with van der Waals surface area (Å²) in [5.41, 5.74) is 2.28. The molecule has 0 heterocycles. The van der Waals surface area contributed by atoms with E-state index in [2.05, 4.69) is 5.32 Å². The van der Waals surface area contributed by atoms with E-state index in [-0.39, 0.29) is 11.8 Å². The predicted molar refractivity (Wildman–Crippen MR) is 122 cm³/mol. The first-order chi connectivity index (χ1) is 14.0. The number of thioether (sulfide) groups is 1. The summed E-state index contributed by atoms with van der Waals surface area (Å²) < 4.78 is 0. The maximum atomic E-state index is 13.0. The smallest absolute Gasteiger partial charge is 0.242 e. The van der Waals surface area contributed by atoms with Crippen LogP contribution in [0.15, 0.2) is 54.6 Å². The van der Waals surface area contributed by atoms with E-state index in [9.17, 15) is 9.59 Å². The van der Waals surface area contributed by atoms with Crippen LogP contribution in [0, 0.1) is 0 Å².